The number of aromatic nitrogens is 2. The van der Waals surface area contributed by atoms with Gasteiger partial charge in [0, 0.05) is 30.4 Å². The van der Waals surface area contributed by atoms with E-state index in [4.69, 9.17) is 0 Å². The fourth-order valence-corrected chi connectivity index (χ4v) is 2.73. The van der Waals surface area contributed by atoms with Gasteiger partial charge in [0.1, 0.15) is 5.82 Å². The molecule has 3 aromatic rings. The molecule has 3 nitrogen and oxygen atoms in total. The van der Waals surface area contributed by atoms with E-state index < -0.39 is 0 Å². The Morgan fingerprint density at radius 1 is 1.47 bits per heavy atom. The zero-order chi connectivity index (χ0) is 13.2. The fourth-order valence-electron chi connectivity index (χ4n) is 2.01. The van der Waals surface area contributed by atoms with E-state index in [1.165, 1.54) is 6.07 Å². The number of imidazole rings is 1. The lowest BCUT2D eigenvalue weighted by Crippen LogP contribution is -2.18. The summed E-state index contributed by atoms with van der Waals surface area (Å²) in [7, 11) is 0. The van der Waals surface area contributed by atoms with Crippen molar-refractivity contribution in [3.63, 3.8) is 0 Å². The summed E-state index contributed by atoms with van der Waals surface area (Å²) in [5.41, 5.74) is 1.94. The highest BCUT2D eigenvalue weighted by Gasteiger charge is 2.07. The second kappa shape index (κ2) is 5.11. The Morgan fingerprint density at radius 2 is 2.37 bits per heavy atom. The summed E-state index contributed by atoms with van der Waals surface area (Å²) in [5.74, 6) is -0.200. The minimum atomic E-state index is -0.200. The molecule has 5 heteroatoms. The smallest absolute Gasteiger partial charge is 0.193 e. The van der Waals surface area contributed by atoms with Crippen LogP contribution < -0.4 is 5.32 Å². The summed E-state index contributed by atoms with van der Waals surface area (Å²) in [4.78, 5) is 5.50. The highest BCUT2D eigenvalue weighted by Crippen LogP contribution is 2.15. The molecule has 0 aliphatic heterocycles. The number of benzene rings is 1. The van der Waals surface area contributed by atoms with Crippen LogP contribution >= 0.6 is 11.3 Å². The molecular weight excluding hydrogens is 261 g/mol. The van der Waals surface area contributed by atoms with Crippen LogP contribution in [0.3, 0.4) is 0 Å². The topological polar surface area (TPSA) is 29.3 Å². The number of thiazole rings is 1. The average Bonchev–Trinajstić information content (AvgIpc) is 2.96. The van der Waals surface area contributed by atoms with E-state index in [0.717, 1.165) is 16.2 Å². The lowest BCUT2D eigenvalue weighted by Gasteiger charge is -2.13. The van der Waals surface area contributed by atoms with Crippen LogP contribution in [0.5, 0.6) is 0 Å². The van der Waals surface area contributed by atoms with Crippen LogP contribution in [0.4, 0.5) is 4.39 Å². The molecule has 0 saturated heterocycles. The normalized spacial score (nSPS) is 12.9. The Balaban J connectivity index is 1.67. The summed E-state index contributed by atoms with van der Waals surface area (Å²) in [5, 5.41) is 5.36. The maximum Gasteiger partial charge on any atom is 0.193 e. The van der Waals surface area contributed by atoms with Crippen LogP contribution in [-0.2, 0) is 6.54 Å². The molecule has 0 aliphatic carbocycles. The van der Waals surface area contributed by atoms with E-state index >= 15 is 0 Å². The molecule has 1 aromatic carbocycles. The highest BCUT2D eigenvalue weighted by molar-refractivity contribution is 7.15. The SMILES string of the molecule is CC(NCc1cn2ccsc2n1)c1cccc(F)c1. The Hall–Kier alpha value is -1.72. The summed E-state index contributed by atoms with van der Waals surface area (Å²) < 4.78 is 15.2. The summed E-state index contributed by atoms with van der Waals surface area (Å²) in [6, 6.07) is 6.76. The molecule has 19 heavy (non-hydrogen) atoms. The van der Waals surface area contributed by atoms with Gasteiger partial charge in [0.05, 0.1) is 5.69 Å². The minimum Gasteiger partial charge on any atom is -0.305 e. The number of rotatable bonds is 4. The monoisotopic (exact) mass is 275 g/mol. The van der Waals surface area contributed by atoms with Crippen LogP contribution in [0.1, 0.15) is 24.2 Å². The van der Waals surface area contributed by atoms with E-state index in [2.05, 4.69) is 10.3 Å². The Bertz CT molecular complexity index is 660. The van der Waals surface area contributed by atoms with Crippen molar-refractivity contribution in [3.8, 4) is 0 Å². The predicted octanol–water partition coefficient (Wildman–Crippen LogP) is 3.39. The van der Waals surface area contributed by atoms with Crippen molar-refractivity contribution < 1.29 is 4.39 Å². The first-order chi connectivity index (χ1) is 9.22. The van der Waals surface area contributed by atoms with E-state index in [9.17, 15) is 4.39 Å². The first-order valence-corrected chi connectivity index (χ1v) is 7.00. The summed E-state index contributed by atoms with van der Waals surface area (Å²) >= 11 is 1.62. The van der Waals surface area contributed by atoms with Gasteiger partial charge in [0.15, 0.2) is 4.96 Å². The molecular formula is C14H14FN3S. The van der Waals surface area contributed by atoms with Crippen molar-refractivity contribution in [2.75, 3.05) is 0 Å². The lowest BCUT2D eigenvalue weighted by molar-refractivity contribution is 0.560. The molecule has 1 unspecified atom stereocenters. The maximum absolute atomic E-state index is 13.1. The second-order valence-electron chi connectivity index (χ2n) is 4.48. The largest absolute Gasteiger partial charge is 0.305 e. The van der Waals surface area contributed by atoms with Crippen LogP contribution in [0.2, 0.25) is 0 Å². The molecule has 2 heterocycles. The quantitative estimate of drug-likeness (QED) is 0.791. The van der Waals surface area contributed by atoms with Crippen molar-refractivity contribution in [1.82, 2.24) is 14.7 Å². The second-order valence-corrected chi connectivity index (χ2v) is 5.36. The van der Waals surface area contributed by atoms with Gasteiger partial charge in [-0.05, 0) is 24.6 Å². The zero-order valence-electron chi connectivity index (χ0n) is 10.5. The predicted molar refractivity (Wildman–Crippen MR) is 74.7 cm³/mol. The van der Waals surface area contributed by atoms with E-state index in [-0.39, 0.29) is 11.9 Å². The van der Waals surface area contributed by atoms with Crippen LogP contribution in [-0.4, -0.2) is 9.38 Å². The Labute approximate surface area is 114 Å². The molecule has 0 amide bonds. The third-order valence-electron chi connectivity index (χ3n) is 3.08. The van der Waals surface area contributed by atoms with Gasteiger partial charge in [-0.2, -0.15) is 0 Å². The molecule has 2 aromatic heterocycles. The molecule has 0 fully saturated rings. The Morgan fingerprint density at radius 3 is 3.16 bits per heavy atom. The van der Waals surface area contributed by atoms with Crippen molar-refractivity contribution in [2.24, 2.45) is 0 Å². The fraction of sp³-hybridized carbons (Fsp3) is 0.214. The van der Waals surface area contributed by atoms with Gasteiger partial charge in [-0.25, -0.2) is 9.37 Å². The maximum atomic E-state index is 13.1. The number of fused-ring (bicyclic) bond motifs is 1. The molecule has 1 atom stereocenters. The van der Waals surface area contributed by atoms with Gasteiger partial charge < -0.3 is 5.32 Å². The summed E-state index contributed by atoms with van der Waals surface area (Å²) in [6.45, 7) is 2.69. The van der Waals surface area contributed by atoms with Crippen molar-refractivity contribution >= 4 is 16.3 Å². The molecule has 1 N–H and O–H groups in total. The molecule has 98 valence electrons. The Kier molecular flexibility index (Phi) is 3.31. The molecule has 0 radical (unpaired) electrons. The van der Waals surface area contributed by atoms with Gasteiger partial charge >= 0.3 is 0 Å². The molecule has 0 aliphatic rings. The van der Waals surface area contributed by atoms with Crippen molar-refractivity contribution in [3.05, 3.63) is 59.1 Å². The number of halogens is 1. The molecule has 0 spiro atoms. The van der Waals surface area contributed by atoms with Gasteiger partial charge in [0.2, 0.25) is 0 Å². The number of hydrogen-bond donors (Lipinski definition) is 1. The number of hydrogen-bond acceptors (Lipinski definition) is 3. The molecule has 3 rings (SSSR count). The van der Waals surface area contributed by atoms with Gasteiger partial charge in [-0.1, -0.05) is 12.1 Å². The lowest BCUT2D eigenvalue weighted by atomic mass is 10.1. The molecule has 0 saturated carbocycles. The van der Waals surface area contributed by atoms with E-state index in [1.54, 1.807) is 23.5 Å². The zero-order valence-corrected chi connectivity index (χ0v) is 11.3. The molecule has 0 bridgehead atoms. The van der Waals surface area contributed by atoms with Gasteiger partial charge in [-0.3, -0.25) is 4.40 Å². The van der Waals surface area contributed by atoms with E-state index in [1.807, 2.05) is 35.2 Å². The van der Waals surface area contributed by atoms with Crippen molar-refractivity contribution in [1.29, 1.82) is 0 Å². The first-order valence-electron chi connectivity index (χ1n) is 6.12. The first kappa shape index (κ1) is 12.3. The van der Waals surface area contributed by atoms with Crippen molar-refractivity contribution in [2.45, 2.75) is 19.5 Å². The standard InChI is InChI=1S/C14H14FN3S/c1-10(11-3-2-4-12(15)7-11)16-8-13-9-18-5-6-19-14(18)17-13/h2-7,9-10,16H,8H2,1H3. The third-order valence-corrected chi connectivity index (χ3v) is 3.85. The number of nitrogens with one attached hydrogen (secondary N) is 1. The van der Waals surface area contributed by atoms with E-state index in [0.29, 0.717) is 6.54 Å². The van der Waals surface area contributed by atoms with Crippen LogP contribution in [0.15, 0.2) is 42.0 Å². The number of nitrogens with zero attached hydrogens (tertiary/aromatic N) is 2. The van der Waals surface area contributed by atoms with Crippen LogP contribution in [0.25, 0.3) is 4.96 Å². The summed E-state index contributed by atoms with van der Waals surface area (Å²) in [6.07, 6.45) is 4.00. The van der Waals surface area contributed by atoms with Gasteiger partial charge in [0.25, 0.3) is 0 Å². The van der Waals surface area contributed by atoms with Gasteiger partial charge in [-0.15, -0.1) is 11.3 Å². The minimum absolute atomic E-state index is 0.0930. The van der Waals surface area contributed by atoms with Crippen LogP contribution in [0, 0.1) is 5.82 Å². The highest BCUT2D eigenvalue weighted by atomic mass is 32.1. The average molecular weight is 275 g/mol. The third kappa shape index (κ3) is 2.67.